The van der Waals surface area contributed by atoms with Crippen LogP contribution in [0.1, 0.15) is 102 Å². The van der Waals surface area contributed by atoms with Crippen molar-refractivity contribution in [2.24, 2.45) is 0 Å². The molecule has 1 N–H and O–H groups in total. The van der Waals surface area contributed by atoms with Gasteiger partial charge in [0.1, 0.15) is 0 Å². The van der Waals surface area contributed by atoms with Gasteiger partial charge >= 0.3 is 0 Å². The van der Waals surface area contributed by atoms with Gasteiger partial charge in [-0.25, -0.2) is 0 Å². The van der Waals surface area contributed by atoms with E-state index < -0.39 is 0 Å². The van der Waals surface area contributed by atoms with Crippen LogP contribution >= 0.6 is 0 Å². The second-order valence-electron chi connectivity index (χ2n) is 6.50. The Bertz CT molecular complexity index is 326. The third-order valence-electron chi connectivity index (χ3n) is 4.61. The third-order valence-corrected chi connectivity index (χ3v) is 4.61. The molecule has 1 heterocycles. The molecule has 0 aromatic carbocycles. The molecule has 0 unspecified atom stereocenters. The summed E-state index contributed by atoms with van der Waals surface area (Å²) in [6, 6.07) is 0. The van der Waals surface area contributed by atoms with Crippen molar-refractivity contribution in [1.29, 1.82) is 0 Å². The molecule has 1 nitrogen and oxygen atoms in total. The first kappa shape index (κ1) is 18.3. The van der Waals surface area contributed by atoms with Crippen LogP contribution in [0.25, 0.3) is 0 Å². The maximum absolute atomic E-state index is 3.24. The summed E-state index contributed by atoms with van der Waals surface area (Å²) < 4.78 is 0. The highest BCUT2D eigenvalue weighted by Crippen LogP contribution is 2.15. The first-order valence-electron chi connectivity index (χ1n) is 9.53. The van der Waals surface area contributed by atoms with Crippen LogP contribution in [-0.4, -0.2) is 4.98 Å². The van der Waals surface area contributed by atoms with Crippen LogP contribution in [0.2, 0.25) is 0 Å². The summed E-state index contributed by atoms with van der Waals surface area (Å²) in [5.74, 6) is 0. The molecule has 0 spiro atoms. The van der Waals surface area contributed by atoms with Gasteiger partial charge in [-0.3, -0.25) is 0 Å². The molecule has 0 bridgehead atoms. The van der Waals surface area contributed by atoms with Gasteiger partial charge < -0.3 is 4.98 Å². The zero-order valence-corrected chi connectivity index (χ0v) is 14.6. The van der Waals surface area contributed by atoms with E-state index in [9.17, 15) is 0 Å². The standard InChI is InChI=1S/C20H37N/c1-3-5-6-7-8-9-10-11-12-13-14-15-16-20-18-21-17-19(20)4-2/h17-18,21H,3-16H2,1-2H3. The Balaban J connectivity index is 1.83. The van der Waals surface area contributed by atoms with Crippen LogP contribution in [-0.2, 0) is 12.8 Å². The quantitative estimate of drug-likeness (QED) is 0.362. The van der Waals surface area contributed by atoms with Crippen LogP contribution < -0.4 is 0 Å². The summed E-state index contributed by atoms with van der Waals surface area (Å²) >= 11 is 0. The van der Waals surface area contributed by atoms with E-state index in [2.05, 4.69) is 31.2 Å². The monoisotopic (exact) mass is 291 g/mol. The van der Waals surface area contributed by atoms with Gasteiger partial charge in [0.05, 0.1) is 0 Å². The van der Waals surface area contributed by atoms with Crippen molar-refractivity contribution in [2.75, 3.05) is 0 Å². The molecule has 21 heavy (non-hydrogen) atoms. The Morgan fingerprint density at radius 1 is 0.619 bits per heavy atom. The molecule has 1 aromatic rings. The Morgan fingerprint density at radius 2 is 1.10 bits per heavy atom. The molecule has 0 aliphatic carbocycles. The lowest BCUT2D eigenvalue weighted by molar-refractivity contribution is 0.544. The van der Waals surface area contributed by atoms with Crippen LogP contribution in [0.4, 0.5) is 0 Å². The number of aryl methyl sites for hydroxylation is 2. The molecule has 0 aliphatic heterocycles. The highest BCUT2D eigenvalue weighted by Gasteiger charge is 2.01. The Kier molecular flexibility index (Phi) is 11.3. The van der Waals surface area contributed by atoms with E-state index in [0.717, 1.165) is 6.42 Å². The smallest absolute Gasteiger partial charge is 0.00401 e. The van der Waals surface area contributed by atoms with Crippen molar-refractivity contribution in [3.05, 3.63) is 23.5 Å². The summed E-state index contributed by atoms with van der Waals surface area (Å²) in [6.07, 6.45) is 24.0. The van der Waals surface area contributed by atoms with E-state index in [1.807, 2.05) is 0 Å². The summed E-state index contributed by atoms with van der Waals surface area (Å²) in [6.45, 7) is 4.54. The van der Waals surface area contributed by atoms with E-state index in [1.165, 1.54) is 89.0 Å². The highest BCUT2D eigenvalue weighted by molar-refractivity contribution is 5.23. The number of hydrogen-bond acceptors (Lipinski definition) is 0. The van der Waals surface area contributed by atoms with Crippen molar-refractivity contribution in [2.45, 2.75) is 104 Å². The van der Waals surface area contributed by atoms with Gasteiger partial charge in [0.15, 0.2) is 0 Å². The number of hydrogen-bond donors (Lipinski definition) is 1. The highest BCUT2D eigenvalue weighted by atomic mass is 14.6. The molecule has 0 saturated carbocycles. The van der Waals surface area contributed by atoms with Crippen LogP contribution in [0.3, 0.4) is 0 Å². The largest absolute Gasteiger partial charge is 0.367 e. The molecule has 1 aromatic heterocycles. The molecule has 1 rings (SSSR count). The van der Waals surface area contributed by atoms with E-state index in [1.54, 1.807) is 5.56 Å². The summed E-state index contributed by atoms with van der Waals surface area (Å²) in [7, 11) is 0. The average Bonchev–Trinajstić information content (AvgIpc) is 2.96. The second kappa shape index (κ2) is 13.0. The lowest BCUT2D eigenvalue weighted by atomic mass is 10.0. The van der Waals surface area contributed by atoms with Gasteiger partial charge in [-0.2, -0.15) is 0 Å². The predicted octanol–water partition coefficient (Wildman–Crippen LogP) is 6.82. The Labute approximate surface area is 132 Å². The fraction of sp³-hybridized carbons (Fsp3) is 0.800. The zero-order valence-electron chi connectivity index (χ0n) is 14.6. The van der Waals surface area contributed by atoms with Crippen molar-refractivity contribution >= 4 is 0 Å². The summed E-state index contributed by atoms with van der Waals surface area (Å²) in [4.78, 5) is 3.24. The second-order valence-corrected chi connectivity index (χ2v) is 6.50. The number of nitrogens with one attached hydrogen (secondary N) is 1. The SMILES string of the molecule is CCCCCCCCCCCCCCc1c[nH]cc1CC. The normalized spacial score (nSPS) is 11.1. The van der Waals surface area contributed by atoms with E-state index in [-0.39, 0.29) is 0 Å². The lowest BCUT2D eigenvalue weighted by Gasteiger charge is -2.03. The fourth-order valence-corrected chi connectivity index (χ4v) is 3.15. The van der Waals surface area contributed by atoms with Gasteiger partial charge in [0, 0.05) is 12.4 Å². The molecule has 0 saturated heterocycles. The minimum Gasteiger partial charge on any atom is -0.367 e. The van der Waals surface area contributed by atoms with Crippen molar-refractivity contribution < 1.29 is 0 Å². The topological polar surface area (TPSA) is 15.8 Å². The zero-order chi connectivity index (χ0) is 15.2. The minimum atomic E-state index is 1.16. The van der Waals surface area contributed by atoms with Crippen LogP contribution in [0.15, 0.2) is 12.4 Å². The van der Waals surface area contributed by atoms with Gasteiger partial charge in [-0.1, -0.05) is 84.5 Å². The van der Waals surface area contributed by atoms with Crippen LogP contribution in [0.5, 0.6) is 0 Å². The van der Waals surface area contributed by atoms with Crippen LogP contribution in [0, 0.1) is 0 Å². The molecule has 0 amide bonds. The molecule has 0 aliphatic rings. The molecule has 1 heteroatoms. The van der Waals surface area contributed by atoms with E-state index in [0.29, 0.717) is 0 Å². The third kappa shape index (κ3) is 9.01. The molecular weight excluding hydrogens is 254 g/mol. The van der Waals surface area contributed by atoms with Gasteiger partial charge in [0.2, 0.25) is 0 Å². The van der Waals surface area contributed by atoms with Crippen molar-refractivity contribution in [3.8, 4) is 0 Å². The molecule has 122 valence electrons. The maximum Gasteiger partial charge on any atom is 0.00401 e. The summed E-state index contributed by atoms with van der Waals surface area (Å²) in [5, 5.41) is 0. The number of aromatic amines is 1. The summed E-state index contributed by atoms with van der Waals surface area (Å²) in [5.41, 5.74) is 3.06. The predicted molar refractivity (Wildman–Crippen MR) is 95.0 cm³/mol. The maximum atomic E-state index is 3.24. The van der Waals surface area contributed by atoms with E-state index >= 15 is 0 Å². The number of unbranched alkanes of at least 4 members (excludes halogenated alkanes) is 11. The van der Waals surface area contributed by atoms with Gasteiger partial charge in [0.25, 0.3) is 0 Å². The van der Waals surface area contributed by atoms with E-state index in [4.69, 9.17) is 0 Å². The lowest BCUT2D eigenvalue weighted by Crippen LogP contribution is -1.89. The molecule has 0 radical (unpaired) electrons. The Morgan fingerprint density at radius 3 is 1.62 bits per heavy atom. The molecule has 0 atom stereocenters. The number of H-pyrrole nitrogens is 1. The number of aromatic nitrogens is 1. The van der Waals surface area contributed by atoms with Crippen molar-refractivity contribution in [3.63, 3.8) is 0 Å². The molecular formula is C20H37N. The number of rotatable bonds is 14. The fourth-order valence-electron chi connectivity index (χ4n) is 3.15. The Hall–Kier alpha value is -0.720. The first-order chi connectivity index (χ1) is 10.4. The van der Waals surface area contributed by atoms with Gasteiger partial charge in [-0.05, 0) is 30.4 Å². The minimum absolute atomic E-state index is 1.16. The first-order valence-corrected chi connectivity index (χ1v) is 9.53. The van der Waals surface area contributed by atoms with Crippen molar-refractivity contribution in [1.82, 2.24) is 4.98 Å². The van der Waals surface area contributed by atoms with Gasteiger partial charge in [-0.15, -0.1) is 0 Å². The molecule has 0 fully saturated rings. The average molecular weight is 292 g/mol.